The highest BCUT2D eigenvalue weighted by atomic mass is 32.2. The number of carbonyl (C=O) groups is 1. The van der Waals surface area contributed by atoms with E-state index in [1.807, 2.05) is 6.07 Å². The fourth-order valence-corrected chi connectivity index (χ4v) is 3.35. The van der Waals surface area contributed by atoms with Crippen molar-refractivity contribution >= 4 is 15.9 Å². The van der Waals surface area contributed by atoms with Crippen LogP contribution in [0.1, 0.15) is 10.4 Å². The van der Waals surface area contributed by atoms with Crippen LogP contribution in [0.25, 0.3) is 0 Å². The summed E-state index contributed by atoms with van der Waals surface area (Å²) in [6.07, 6.45) is 0. The zero-order valence-electron chi connectivity index (χ0n) is 12.2. The molecule has 1 aromatic rings. The molecule has 2 atom stereocenters. The first-order chi connectivity index (χ1) is 9.90. The molecule has 1 N–H and O–H groups in total. The molecule has 7 heteroatoms. The second-order valence-electron chi connectivity index (χ2n) is 5.30. The Morgan fingerprint density at radius 3 is 2.57 bits per heavy atom. The van der Waals surface area contributed by atoms with Gasteiger partial charge in [-0.15, -0.1) is 0 Å². The topological polar surface area (TPSA) is 75.7 Å². The third-order valence-corrected chi connectivity index (χ3v) is 5.49. The first kappa shape index (κ1) is 15.9. The Morgan fingerprint density at radius 2 is 1.95 bits per heavy atom. The van der Waals surface area contributed by atoms with Crippen molar-refractivity contribution in [1.29, 1.82) is 0 Å². The molecule has 1 fully saturated rings. The summed E-state index contributed by atoms with van der Waals surface area (Å²) >= 11 is 0. The van der Waals surface area contributed by atoms with Crippen molar-refractivity contribution in [3.8, 4) is 0 Å². The van der Waals surface area contributed by atoms with Crippen LogP contribution in [0.3, 0.4) is 0 Å². The van der Waals surface area contributed by atoms with Gasteiger partial charge in [-0.3, -0.25) is 4.79 Å². The predicted octanol–water partition coefficient (Wildman–Crippen LogP) is 0.323. The van der Waals surface area contributed by atoms with Crippen molar-refractivity contribution in [3.05, 3.63) is 35.9 Å². The Balaban J connectivity index is 2.01. The van der Waals surface area contributed by atoms with Crippen LogP contribution in [0, 0.1) is 5.92 Å². The lowest BCUT2D eigenvalue weighted by Gasteiger charge is -2.21. The largest absolute Gasteiger partial charge is 0.379 e. The Kier molecular flexibility index (Phi) is 4.97. The van der Waals surface area contributed by atoms with E-state index in [1.54, 1.807) is 24.3 Å². The van der Waals surface area contributed by atoms with E-state index in [4.69, 9.17) is 4.74 Å². The highest BCUT2D eigenvalue weighted by Gasteiger charge is 2.34. The maximum absolute atomic E-state index is 12.1. The smallest absolute Gasteiger partial charge is 0.251 e. The molecule has 1 amide bonds. The third kappa shape index (κ3) is 4.03. The van der Waals surface area contributed by atoms with Crippen molar-refractivity contribution in [3.63, 3.8) is 0 Å². The number of amides is 1. The van der Waals surface area contributed by atoms with E-state index in [-0.39, 0.29) is 23.6 Å². The molecule has 0 spiro atoms. The SMILES string of the molecule is CN(C)S(=O)(=O)C[C@@H]1COC[C@H]1NC(=O)c1ccccc1. The molecule has 116 valence electrons. The number of sulfonamides is 1. The number of ether oxygens (including phenoxy) is 1. The summed E-state index contributed by atoms with van der Waals surface area (Å²) in [5.41, 5.74) is 0.554. The molecule has 1 aliphatic rings. The second kappa shape index (κ2) is 6.55. The van der Waals surface area contributed by atoms with Gasteiger partial charge in [0, 0.05) is 25.6 Å². The molecule has 1 aliphatic heterocycles. The minimum Gasteiger partial charge on any atom is -0.379 e. The molecule has 0 bridgehead atoms. The maximum Gasteiger partial charge on any atom is 0.251 e. The minimum absolute atomic E-state index is 0.0280. The molecule has 0 unspecified atom stereocenters. The Morgan fingerprint density at radius 1 is 1.29 bits per heavy atom. The van der Waals surface area contributed by atoms with Gasteiger partial charge in [0.05, 0.1) is 25.0 Å². The zero-order chi connectivity index (χ0) is 15.5. The van der Waals surface area contributed by atoms with Crippen LogP contribution in [0.15, 0.2) is 30.3 Å². The van der Waals surface area contributed by atoms with Crippen LogP contribution in [0.2, 0.25) is 0 Å². The van der Waals surface area contributed by atoms with Gasteiger partial charge in [0.1, 0.15) is 0 Å². The van der Waals surface area contributed by atoms with Crippen molar-refractivity contribution in [2.75, 3.05) is 33.1 Å². The number of carbonyl (C=O) groups excluding carboxylic acids is 1. The molecule has 1 saturated heterocycles. The fraction of sp³-hybridized carbons (Fsp3) is 0.500. The van der Waals surface area contributed by atoms with Crippen LogP contribution < -0.4 is 5.32 Å². The van der Waals surface area contributed by atoms with Crippen LogP contribution in [-0.2, 0) is 14.8 Å². The average Bonchev–Trinajstić information content (AvgIpc) is 2.86. The van der Waals surface area contributed by atoms with Crippen LogP contribution in [0.4, 0.5) is 0 Å². The predicted molar refractivity (Wildman–Crippen MR) is 79.5 cm³/mol. The molecule has 0 aromatic heterocycles. The van der Waals surface area contributed by atoms with E-state index >= 15 is 0 Å². The van der Waals surface area contributed by atoms with Crippen molar-refractivity contribution in [2.45, 2.75) is 6.04 Å². The van der Waals surface area contributed by atoms with Crippen molar-refractivity contribution < 1.29 is 17.9 Å². The van der Waals surface area contributed by atoms with Gasteiger partial charge >= 0.3 is 0 Å². The van der Waals surface area contributed by atoms with Gasteiger partial charge in [0.25, 0.3) is 5.91 Å². The monoisotopic (exact) mass is 312 g/mol. The number of nitrogens with one attached hydrogen (secondary N) is 1. The highest BCUT2D eigenvalue weighted by molar-refractivity contribution is 7.89. The molecule has 0 radical (unpaired) electrons. The zero-order valence-corrected chi connectivity index (χ0v) is 13.0. The highest BCUT2D eigenvalue weighted by Crippen LogP contribution is 2.17. The van der Waals surface area contributed by atoms with Crippen LogP contribution in [-0.4, -0.2) is 57.7 Å². The fourth-order valence-electron chi connectivity index (χ4n) is 2.18. The van der Waals surface area contributed by atoms with Gasteiger partial charge in [-0.05, 0) is 12.1 Å². The summed E-state index contributed by atoms with van der Waals surface area (Å²) in [5.74, 6) is -0.469. The summed E-state index contributed by atoms with van der Waals surface area (Å²) < 4.78 is 30.4. The number of hydrogen-bond donors (Lipinski definition) is 1. The quantitative estimate of drug-likeness (QED) is 0.850. The molecule has 0 aliphatic carbocycles. The lowest BCUT2D eigenvalue weighted by Crippen LogP contribution is -2.43. The van der Waals surface area contributed by atoms with Crippen molar-refractivity contribution in [2.24, 2.45) is 5.92 Å². The standard InChI is InChI=1S/C14H20N2O4S/c1-16(2)21(18,19)10-12-8-20-9-13(12)15-14(17)11-6-4-3-5-7-11/h3-7,12-13H,8-10H2,1-2H3,(H,15,17)/t12-,13+/m0/s1. The second-order valence-corrected chi connectivity index (χ2v) is 7.53. The van der Waals surface area contributed by atoms with Gasteiger partial charge in [0.15, 0.2) is 0 Å². The lowest BCUT2D eigenvalue weighted by molar-refractivity contribution is 0.0926. The van der Waals surface area contributed by atoms with E-state index in [2.05, 4.69) is 5.32 Å². The summed E-state index contributed by atoms with van der Waals surface area (Å²) in [4.78, 5) is 12.1. The summed E-state index contributed by atoms with van der Waals surface area (Å²) in [7, 11) is -0.308. The molecule has 1 heterocycles. The normalized spacial score (nSPS) is 22.4. The molecule has 2 rings (SSSR count). The van der Waals surface area contributed by atoms with Gasteiger partial charge in [-0.2, -0.15) is 0 Å². The first-order valence-corrected chi connectivity index (χ1v) is 8.35. The summed E-state index contributed by atoms with van der Waals surface area (Å²) in [6.45, 7) is 0.680. The molecular formula is C14H20N2O4S. The number of hydrogen-bond acceptors (Lipinski definition) is 4. The minimum atomic E-state index is -3.31. The first-order valence-electron chi connectivity index (χ1n) is 6.74. The summed E-state index contributed by atoms with van der Waals surface area (Å²) in [5, 5.41) is 2.86. The van der Waals surface area contributed by atoms with E-state index in [1.165, 1.54) is 18.4 Å². The molecule has 0 saturated carbocycles. The van der Waals surface area contributed by atoms with Crippen molar-refractivity contribution in [1.82, 2.24) is 9.62 Å². The molecule has 6 nitrogen and oxygen atoms in total. The third-order valence-electron chi connectivity index (χ3n) is 3.53. The van der Waals surface area contributed by atoms with Gasteiger partial charge in [0.2, 0.25) is 10.0 Å². The summed E-state index contributed by atoms with van der Waals surface area (Å²) in [6, 6.07) is 8.56. The lowest BCUT2D eigenvalue weighted by atomic mass is 10.1. The molecule has 1 aromatic carbocycles. The van der Waals surface area contributed by atoms with Crippen LogP contribution in [0.5, 0.6) is 0 Å². The van der Waals surface area contributed by atoms with E-state index < -0.39 is 10.0 Å². The Bertz CT molecular complexity index is 586. The maximum atomic E-state index is 12.1. The molecule has 21 heavy (non-hydrogen) atoms. The molecular weight excluding hydrogens is 292 g/mol. The number of nitrogens with zero attached hydrogens (tertiary/aromatic N) is 1. The van der Waals surface area contributed by atoms with Gasteiger partial charge in [-0.1, -0.05) is 18.2 Å². The number of rotatable bonds is 5. The van der Waals surface area contributed by atoms with Crippen LogP contribution >= 0.6 is 0 Å². The van der Waals surface area contributed by atoms with E-state index in [0.717, 1.165) is 0 Å². The van der Waals surface area contributed by atoms with E-state index in [0.29, 0.717) is 18.8 Å². The van der Waals surface area contributed by atoms with Gasteiger partial charge in [-0.25, -0.2) is 12.7 Å². The Hall–Kier alpha value is -1.44. The van der Waals surface area contributed by atoms with E-state index in [9.17, 15) is 13.2 Å². The Labute approximate surface area is 125 Å². The average molecular weight is 312 g/mol. The number of benzene rings is 1. The van der Waals surface area contributed by atoms with Gasteiger partial charge < -0.3 is 10.1 Å².